The second-order valence-electron chi connectivity index (χ2n) is 10.4. The number of benzene rings is 1. The average Bonchev–Trinajstić information content (AvgIpc) is 3.24. The Labute approximate surface area is 224 Å². The lowest BCUT2D eigenvalue weighted by molar-refractivity contribution is -0.138. The number of pyridine rings is 1. The van der Waals surface area contributed by atoms with Crippen molar-refractivity contribution in [1.82, 2.24) is 23.9 Å². The van der Waals surface area contributed by atoms with E-state index in [1.807, 2.05) is 50.7 Å². The normalized spacial score (nSPS) is 17.9. The van der Waals surface area contributed by atoms with Gasteiger partial charge in [-0.05, 0) is 68.6 Å². The van der Waals surface area contributed by atoms with E-state index in [0.29, 0.717) is 39.5 Å². The van der Waals surface area contributed by atoms with Crippen LogP contribution in [0.15, 0.2) is 53.6 Å². The molecule has 0 unspecified atom stereocenters. The first kappa shape index (κ1) is 26.6. The fourth-order valence-electron chi connectivity index (χ4n) is 5.89. The molecule has 38 heavy (non-hydrogen) atoms. The molecule has 1 aromatic carbocycles. The molecule has 5 rings (SSSR count). The summed E-state index contributed by atoms with van der Waals surface area (Å²) >= 11 is 0. The van der Waals surface area contributed by atoms with Crippen molar-refractivity contribution in [3.05, 3.63) is 64.8 Å². The van der Waals surface area contributed by atoms with Crippen molar-refractivity contribution < 1.29 is 14.3 Å². The van der Waals surface area contributed by atoms with Crippen LogP contribution in [0.3, 0.4) is 0 Å². The Balaban J connectivity index is 1.17. The van der Waals surface area contributed by atoms with E-state index in [4.69, 9.17) is 9.47 Å². The van der Waals surface area contributed by atoms with E-state index in [9.17, 15) is 9.59 Å². The summed E-state index contributed by atoms with van der Waals surface area (Å²) in [4.78, 5) is 35.4. The lowest BCUT2D eigenvalue weighted by Gasteiger charge is -2.37. The molecule has 0 bridgehead atoms. The third-order valence-electron chi connectivity index (χ3n) is 7.99. The minimum absolute atomic E-state index is 0.00730. The predicted molar refractivity (Wildman–Crippen MR) is 146 cm³/mol. The zero-order chi connectivity index (χ0) is 26.3. The molecule has 204 valence electrons. The molecule has 2 aliphatic rings. The van der Waals surface area contributed by atoms with Crippen LogP contribution in [-0.4, -0.2) is 82.9 Å². The lowest BCUT2D eigenvalue weighted by Crippen LogP contribution is -2.46. The minimum Gasteiger partial charge on any atom is -0.382 e. The van der Waals surface area contributed by atoms with Crippen LogP contribution in [0.4, 0.5) is 0 Å². The summed E-state index contributed by atoms with van der Waals surface area (Å²) in [5.41, 5.74) is 3.17. The van der Waals surface area contributed by atoms with Gasteiger partial charge in [-0.3, -0.25) is 23.8 Å². The molecule has 1 amide bonds. The Morgan fingerprint density at radius 1 is 0.921 bits per heavy atom. The van der Waals surface area contributed by atoms with Crippen molar-refractivity contribution >= 4 is 16.9 Å². The molecule has 9 heteroatoms. The van der Waals surface area contributed by atoms with Crippen molar-refractivity contribution in [1.29, 1.82) is 0 Å². The molecule has 0 saturated carbocycles. The highest BCUT2D eigenvalue weighted by Gasteiger charge is 2.32. The van der Waals surface area contributed by atoms with Gasteiger partial charge in [-0.2, -0.15) is 0 Å². The second kappa shape index (κ2) is 12.7. The van der Waals surface area contributed by atoms with Crippen LogP contribution < -0.4 is 5.69 Å². The summed E-state index contributed by atoms with van der Waals surface area (Å²) in [6, 6.07) is 12.2. The standard InChI is InChI=1S/C29H39N5O4/c1-37-20-21-38-19-18-33-26-4-2-3-5-27(26)34(29(33)36)25-10-16-32(17-11-25)28(35)24-8-14-31(15-9-24)22-23-6-12-30-13-7-23/h2-7,12-13,24-25H,8-11,14-22H2,1H3. The molecular formula is C29H39N5O4. The van der Waals surface area contributed by atoms with Gasteiger partial charge < -0.3 is 14.4 Å². The van der Waals surface area contributed by atoms with E-state index in [-0.39, 0.29) is 23.6 Å². The van der Waals surface area contributed by atoms with Crippen molar-refractivity contribution in [3.63, 3.8) is 0 Å². The molecule has 2 aliphatic heterocycles. The second-order valence-corrected chi connectivity index (χ2v) is 10.4. The first-order chi connectivity index (χ1) is 18.7. The van der Waals surface area contributed by atoms with E-state index in [1.165, 1.54) is 5.56 Å². The Hall–Kier alpha value is -3.01. The number of para-hydroxylation sites is 2. The van der Waals surface area contributed by atoms with E-state index in [1.54, 1.807) is 7.11 Å². The van der Waals surface area contributed by atoms with Crippen molar-refractivity contribution in [2.75, 3.05) is 53.1 Å². The number of nitrogens with zero attached hydrogens (tertiary/aromatic N) is 5. The zero-order valence-corrected chi connectivity index (χ0v) is 22.3. The molecule has 0 atom stereocenters. The maximum Gasteiger partial charge on any atom is 0.329 e. The smallest absolute Gasteiger partial charge is 0.329 e. The third kappa shape index (κ3) is 6.00. The summed E-state index contributed by atoms with van der Waals surface area (Å²) in [5.74, 6) is 0.387. The van der Waals surface area contributed by atoms with Crippen molar-refractivity contribution in [2.45, 2.75) is 44.8 Å². The summed E-state index contributed by atoms with van der Waals surface area (Å²) in [5, 5.41) is 0. The fraction of sp³-hybridized carbons (Fsp3) is 0.552. The zero-order valence-electron chi connectivity index (χ0n) is 22.3. The number of piperidine rings is 2. The van der Waals surface area contributed by atoms with Crippen molar-refractivity contribution in [3.8, 4) is 0 Å². The topological polar surface area (TPSA) is 81.8 Å². The van der Waals surface area contributed by atoms with Gasteiger partial charge in [-0.1, -0.05) is 12.1 Å². The summed E-state index contributed by atoms with van der Waals surface area (Å²) in [7, 11) is 1.65. The number of carbonyl (C=O) groups is 1. The summed E-state index contributed by atoms with van der Waals surface area (Å²) in [6.45, 7) is 6.23. The lowest BCUT2D eigenvalue weighted by atomic mass is 9.93. The van der Waals surface area contributed by atoms with Gasteiger partial charge >= 0.3 is 5.69 Å². The number of rotatable bonds is 10. The van der Waals surface area contributed by atoms with Crippen LogP contribution in [0.5, 0.6) is 0 Å². The number of hydrogen-bond donors (Lipinski definition) is 0. The first-order valence-corrected chi connectivity index (χ1v) is 13.8. The van der Waals surface area contributed by atoms with Crippen LogP contribution >= 0.6 is 0 Å². The van der Waals surface area contributed by atoms with E-state index in [0.717, 1.165) is 56.4 Å². The maximum atomic E-state index is 13.5. The highest BCUT2D eigenvalue weighted by molar-refractivity contribution is 5.79. The summed E-state index contributed by atoms with van der Waals surface area (Å²) in [6.07, 6.45) is 7.07. The SMILES string of the molecule is COCCOCCn1c(=O)n(C2CCN(C(=O)C3CCN(Cc4ccncc4)CC3)CC2)c2ccccc21. The molecule has 2 saturated heterocycles. The Morgan fingerprint density at radius 3 is 2.34 bits per heavy atom. The molecule has 0 spiro atoms. The molecule has 0 aliphatic carbocycles. The molecule has 2 aromatic heterocycles. The molecule has 9 nitrogen and oxygen atoms in total. The number of amides is 1. The fourth-order valence-corrected chi connectivity index (χ4v) is 5.89. The Kier molecular flexibility index (Phi) is 8.88. The van der Waals surface area contributed by atoms with E-state index >= 15 is 0 Å². The third-order valence-corrected chi connectivity index (χ3v) is 7.99. The van der Waals surface area contributed by atoms with Gasteiger partial charge in [-0.25, -0.2) is 4.79 Å². The van der Waals surface area contributed by atoms with Gasteiger partial charge in [0, 0.05) is 51.1 Å². The molecule has 2 fully saturated rings. The van der Waals surface area contributed by atoms with Gasteiger partial charge in [0.05, 0.1) is 37.4 Å². The highest BCUT2D eigenvalue weighted by atomic mass is 16.5. The van der Waals surface area contributed by atoms with Gasteiger partial charge in [0.2, 0.25) is 5.91 Å². The van der Waals surface area contributed by atoms with Crippen LogP contribution in [0.1, 0.15) is 37.3 Å². The van der Waals surface area contributed by atoms with Crippen LogP contribution in [0.2, 0.25) is 0 Å². The molecule has 4 heterocycles. The first-order valence-electron chi connectivity index (χ1n) is 13.8. The number of aromatic nitrogens is 3. The largest absolute Gasteiger partial charge is 0.382 e. The van der Waals surface area contributed by atoms with Gasteiger partial charge in [-0.15, -0.1) is 0 Å². The van der Waals surface area contributed by atoms with Gasteiger partial charge in [0.15, 0.2) is 0 Å². The average molecular weight is 522 g/mol. The van der Waals surface area contributed by atoms with Gasteiger partial charge in [0.1, 0.15) is 0 Å². The maximum absolute atomic E-state index is 13.5. The van der Waals surface area contributed by atoms with E-state index in [2.05, 4.69) is 22.0 Å². The van der Waals surface area contributed by atoms with Gasteiger partial charge in [0.25, 0.3) is 0 Å². The number of ether oxygens (including phenoxy) is 2. The monoisotopic (exact) mass is 521 g/mol. The van der Waals surface area contributed by atoms with Crippen LogP contribution in [0, 0.1) is 5.92 Å². The molecule has 0 radical (unpaired) electrons. The number of fused-ring (bicyclic) bond motifs is 1. The number of methoxy groups -OCH3 is 1. The highest BCUT2D eigenvalue weighted by Crippen LogP contribution is 2.28. The van der Waals surface area contributed by atoms with Crippen molar-refractivity contribution in [2.24, 2.45) is 5.92 Å². The molecular weight excluding hydrogens is 482 g/mol. The van der Waals surface area contributed by atoms with Crippen LogP contribution in [0.25, 0.3) is 11.0 Å². The number of carbonyl (C=O) groups excluding carboxylic acids is 1. The number of likely N-dealkylation sites (tertiary alicyclic amines) is 2. The molecule has 0 N–H and O–H groups in total. The molecule has 3 aromatic rings. The quantitative estimate of drug-likeness (QED) is 0.382. The van der Waals surface area contributed by atoms with E-state index < -0.39 is 0 Å². The number of hydrogen-bond acceptors (Lipinski definition) is 6. The Bertz CT molecular complexity index is 1240. The Morgan fingerprint density at radius 2 is 1.63 bits per heavy atom. The summed E-state index contributed by atoms with van der Waals surface area (Å²) < 4.78 is 14.4. The predicted octanol–water partition coefficient (Wildman–Crippen LogP) is 2.94. The van der Waals surface area contributed by atoms with Crippen LogP contribution in [-0.2, 0) is 27.4 Å². The minimum atomic E-state index is 0.00730. The number of imidazole rings is 1.